The minimum atomic E-state index is 0.978. The molecule has 2 aromatic carbocycles. The van der Waals surface area contributed by atoms with Gasteiger partial charge in [-0.25, -0.2) is 4.98 Å². The van der Waals surface area contributed by atoms with E-state index in [0.717, 1.165) is 11.2 Å². The molecule has 0 amide bonds. The van der Waals surface area contributed by atoms with Gasteiger partial charge in [0, 0.05) is 35.1 Å². The van der Waals surface area contributed by atoms with Gasteiger partial charge in [-0.1, -0.05) is 48.5 Å². The Kier molecular flexibility index (Phi) is 3.01. The highest BCUT2D eigenvalue weighted by molar-refractivity contribution is 5.92. The smallest absolute Gasteiger partial charge is 0.0709 e. The number of para-hydroxylation sites is 2. The van der Waals surface area contributed by atoms with Gasteiger partial charge in [-0.15, -0.1) is 0 Å². The van der Waals surface area contributed by atoms with Gasteiger partial charge in [0.1, 0.15) is 0 Å². The summed E-state index contributed by atoms with van der Waals surface area (Å²) in [6.45, 7) is 0. The summed E-state index contributed by atoms with van der Waals surface area (Å²) in [4.78, 5) is 4.68. The van der Waals surface area contributed by atoms with Crippen molar-refractivity contribution >= 4 is 34.0 Å². The summed E-state index contributed by atoms with van der Waals surface area (Å²) in [6, 6.07) is 20.8. The molecule has 0 atom stereocenters. The van der Waals surface area contributed by atoms with Crippen LogP contribution in [0.4, 0.5) is 0 Å². The Labute approximate surface area is 129 Å². The summed E-state index contributed by atoms with van der Waals surface area (Å²) >= 11 is 0. The van der Waals surface area contributed by atoms with Gasteiger partial charge in [0.2, 0.25) is 0 Å². The quantitative estimate of drug-likeness (QED) is 0.512. The van der Waals surface area contributed by atoms with Crippen LogP contribution in [0.2, 0.25) is 0 Å². The van der Waals surface area contributed by atoms with E-state index in [9.17, 15) is 0 Å². The Morgan fingerprint density at radius 1 is 0.864 bits per heavy atom. The molecule has 0 unspecified atom stereocenters. The molecule has 2 heteroatoms. The van der Waals surface area contributed by atoms with E-state index in [2.05, 4.69) is 77.4 Å². The lowest BCUT2D eigenvalue weighted by atomic mass is 10.1. The van der Waals surface area contributed by atoms with Crippen molar-refractivity contribution in [3.63, 3.8) is 0 Å². The first kappa shape index (κ1) is 12.8. The highest BCUT2D eigenvalue weighted by atomic mass is 14.9. The molecular weight excluding hydrogens is 268 g/mol. The molecule has 0 bridgehead atoms. The third-order valence-electron chi connectivity index (χ3n) is 3.98. The normalized spacial score (nSPS) is 11.7. The van der Waals surface area contributed by atoms with Gasteiger partial charge in [-0.2, -0.15) is 0 Å². The Morgan fingerprint density at radius 2 is 1.68 bits per heavy atom. The zero-order valence-corrected chi connectivity index (χ0v) is 12.4. The van der Waals surface area contributed by atoms with Crippen molar-refractivity contribution in [3.05, 3.63) is 78.1 Å². The fourth-order valence-electron chi connectivity index (χ4n) is 2.86. The lowest BCUT2D eigenvalue weighted by Gasteiger charge is -1.98. The van der Waals surface area contributed by atoms with Crippen molar-refractivity contribution in [1.29, 1.82) is 0 Å². The monoisotopic (exact) mass is 284 g/mol. The molecule has 2 nitrogen and oxygen atoms in total. The number of benzene rings is 2. The first-order valence-corrected chi connectivity index (χ1v) is 7.39. The maximum atomic E-state index is 4.68. The first-order chi connectivity index (χ1) is 10.8. The van der Waals surface area contributed by atoms with E-state index in [-0.39, 0.29) is 0 Å². The van der Waals surface area contributed by atoms with Gasteiger partial charge in [0.25, 0.3) is 0 Å². The molecule has 106 valence electrons. The highest BCUT2D eigenvalue weighted by Crippen LogP contribution is 2.22. The lowest BCUT2D eigenvalue weighted by Crippen LogP contribution is -1.82. The van der Waals surface area contributed by atoms with Crippen LogP contribution in [0.15, 0.2) is 66.9 Å². The second-order valence-electron chi connectivity index (χ2n) is 5.47. The van der Waals surface area contributed by atoms with E-state index in [0.29, 0.717) is 0 Å². The summed E-state index contributed by atoms with van der Waals surface area (Å²) in [7, 11) is 2.08. The number of pyridine rings is 1. The Balaban J connectivity index is 1.75. The maximum Gasteiger partial charge on any atom is 0.0709 e. The minimum absolute atomic E-state index is 0.978. The van der Waals surface area contributed by atoms with Gasteiger partial charge in [-0.3, -0.25) is 0 Å². The molecule has 0 aliphatic carbocycles. The van der Waals surface area contributed by atoms with Crippen molar-refractivity contribution in [3.8, 4) is 0 Å². The van der Waals surface area contributed by atoms with E-state index < -0.39 is 0 Å². The largest absolute Gasteiger partial charge is 0.350 e. The molecule has 2 aromatic heterocycles. The molecule has 0 aliphatic rings. The molecule has 0 fully saturated rings. The van der Waals surface area contributed by atoms with Gasteiger partial charge in [0.05, 0.1) is 11.2 Å². The Hall–Kier alpha value is -2.87. The standard InChI is InChI=1S/C20H16N2/c1-22-14-16(18-7-3-5-9-20(18)22)11-13-17-12-10-15-6-2-4-8-19(15)21-17/h2-14H,1H3/b13-11-. The first-order valence-electron chi connectivity index (χ1n) is 7.39. The number of hydrogen-bond donors (Lipinski definition) is 0. The molecule has 0 spiro atoms. The van der Waals surface area contributed by atoms with Crippen LogP contribution in [0.3, 0.4) is 0 Å². The van der Waals surface area contributed by atoms with Crippen LogP contribution in [0.5, 0.6) is 0 Å². The minimum Gasteiger partial charge on any atom is -0.350 e. The van der Waals surface area contributed by atoms with E-state index in [1.54, 1.807) is 0 Å². The van der Waals surface area contributed by atoms with Crippen molar-refractivity contribution in [1.82, 2.24) is 9.55 Å². The van der Waals surface area contributed by atoms with E-state index in [1.165, 1.54) is 21.9 Å². The van der Waals surface area contributed by atoms with Crippen LogP contribution in [0.25, 0.3) is 34.0 Å². The second kappa shape index (κ2) is 5.15. The van der Waals surface area contributed by atoms with Crippen LogP contribution in [-0.4, -0.2) is 9.55 Å². The predicted octanol–water partition coefficient (Wildman–Crippen LogP) is 4.90. The topological polar surface area (TPSA) is 17.8 Å². The van der Waals surface area contributed by atoms with Crippen LogP contribution >= 0.6 is 0 Å². The van der Waals surface area contributed by atoms with E-state index >= 15 is 0 Å². The molecule has 0 saturated carbocycles. The summed E-state index contributed by atoms with van der Waals surface area (Å²) in [5.74, 6) is 0. The third-order valence-corrected chi connectivity index (χ3v) is 3.98. The molecule has 0 N–H and O–H groups in total. The second-order valence-corrected chi connectivity index (χ2v) is 5.47. The van der Waals surface area contributed by atoms with Gasteiger partial charge in [0.15, 0.2) is 0 Å². The third kappa shape index (κ3) is 2.19. The molecule has 22 heavy (non-hydrogen) atoms. The van der Waals surface area contributed by atoms with Crippen molar-refractivity contribution in [2.24, 2.45) is 7.05 Å². The van der Waals surface area contributed by atoms with Crippen LogP contribution in [0, 0.1) is 0 Å². The number of hydrogen-bond acceptors (Lipinski definition) is 1. The summed E-state index contributed by atoms with van der Waals surface area (Å²) in [6.07, 6.45) is 6.37. The summed E-state index contributed by atoms with van der Waals surface area (Å²) in [5, 5.41) is 2.44. The predicted molar refractivity (Wildman–Crippen MR) is 93.6 cm³/mol. The van der Waals surface area contributed by atoms with E-state index in [1.807, 2.05) is 18.2 Å². The van der Waals surface area contributed by atoms with Crippen molar-refractivity contribution < 1.29 is 0 Å². The zero-order valence-electron chi connectivity index (χ0n) is 12.4. The molecule has 2 heterocycles. The fraction of sp³-hybridized carbons (Fsp3) is 0.0500. The molecule has 0 aliphatic heterocycles. The number of aromatic nitrogens is 2. The Bertz CT molecular complexity index is 993. The van der Waals surface area contributed by atoms with Gasteiger partial charge in [-0.05, 0) is 24.3 Å². The average Bonchev–Trinajstić information content (AvgIpc) is 2.89. The fourth-order valence-corrected chi connectivity index (χ4v) is 2.86. The van der Waals surface area contributed by atoms with Gasteiger partial charge >= 0.3 is 0 Å². The number of nitrogens with zero attached hydrogens (tertiary/aromatic N) is 2. The summed E-state index contributed by atoms with van der Waals surface area (Å²) in [5.41, 5.74) is 4.47. The number of rotatable bonds is 2. The van der Waals surface area contributed by atoms with Gasteiger partial charge < -0.3 is 4.57 Å². The van der Waals surface area contributed by atoms with Crippen molar-refractivity contribution in [2.45, 2.75) is 0 Å². The summed E-state index contributed by atoms with van der Waals surface area (Å²) < 4.78 is 2.16. The SMILES string of the molecule is Cn1cc(/C=C\c2ccc3ccccc3n2)c2ccccc21. The number of fused-ring (bicyclic) bond motifs is 2. The van der Waals surface area contributed by atoms with E-state index in [4.69, 9.17) is 0 Å². The molecule has 0 saturated heterocycles. The molecular formula is C20H16N2. The molecule has 4 aromatic rings. The van der Waals surface area contributed by atoms with Crippen LogP contribution in [0.1, 0.15) is 11.3 Å². The molecule has 4 rings (SSSR count). The van der Waals surface area contributed by atoms with Crippen molar-refractivity contribution in [2.75, 3.05) is 0 Å². The highest BCUT2D eigenvalue weighted by Gasteiger charge is 2.02. The van der Waals surface area contributed by atoms with Crippen LogP contribution < -0.4 is 0 Å². The number of aryl methyl sites for hydroxylation is 1. The van der Waals surface area contributed by atoms with Crippen LogP contribution in [-0.2, 0) is 7.05 Å². The average molecular weight is 284 g/mol. The zero-order chi connectivity index (χ0) is 14.9. The maximum absolute atomic E-state index is 4.68. The lowest BCUT2D eigenvalue weighted by molar-refractivity contribution is 0.968. The Morgan fingerprint density at radius 3 is 2.64 bits per heavy atom. The molecule has 0 radical (unpaired) electrons.